The molecule has 1 aliphatic rings. The summed E-state index contributed by atoms with van der Waals surface area (Å²) in [7, 11) is 0. The maximum absolute atomic E-state index is 10.9. The summed E-state index contributed by atoms with van der Waals surface area (Å²) in [5.74, 6) is 0.818. The van der Waals surface area contributed by atoms with Crippen LogP contribution in [0.3, 0.4) is 0 Å². The number of benzene rings is 1. The van der Waals surface area contributed by atoms with E-state index in [0.717, 1.165) is 17.6 Å². The Morgan fingerprint density at radius 3 is 3.00 bits per heavy atom. The molecule has 0 spiro atoms. The van der Waals surface area contributed by atoms with Crippen LogP contribution in [0.2, 0.25) is 0 Å². The quantitative estimate of drug-likeness (QED) is 0.705. The van der Waals surface area contributed by atoms with Gasteiger partial charge < -0.3 is 14.6 Å². The Bertz CT molecular complexity index is 348. The third-order valence-corrected chi connectivity index (χ3v) is 2.60. The van der Waals surface area contributed by atoms with E-state index in [1.165, 1.54) is 0 Å². The molecule has 1 aromatic rings. The molecular weight excluding hydrogens is 180 g/mol. The van der Waals surface area contributed by atoms with Crippen LogP contribution in [-0.2, 0) is 11.2 Å². The normalized spacial score (nSPS) is 24.9. The molecule has 1 heterocycles. The fraction of sp³-hybridized carbons (Fsp3) is 0.364. The lowest BCUT2D eigenvalue weighted by Gasteiger charge is -2.31. The molecule has 1 aliphatic heterocycles. The Kier molecular flexibility index (Phi) is 2.25. The second kappa shape index (κ2) is 3.42. The second-order valence-corrected chi connectivity index (χ2v) is 3.71. The van der Waals surface area contributed by atoms with Crippen molar-refractivity contribution in [1.29, 1.82) is 0 Å². The Morgan fingerprint density at radius 2 is 2.29 bits per heavy atom. The number of carbonyl (C=O) groups is 1. The van der Waals surface area contributed by atoms with Crippen molar-refractivity contribution in [2.75, 3.05) is 13.2 Å². The zero-order chi connectivity index (χ0) is 10.0. The first kappa shape index (κ1) is 9.21. The maximum atomic E-state index is 10.9. The van der Waals surface area contributed by atoms with Gasteiger partial charge >= 0.3 is 0 Å². The summed E-state index contributed by atoms with van der Waals surface area (Å²) in [6, 6.07) is 7.59. The van der Waals surface area contributed by atoms with E-state index in [2.05, 4.69) is 0 Å². The van der Waals surface area contributed by atoms with Gasteiger partial charge in [0.25, 0.3) is 0 Å². The fourth-order valence-corrected chi connectivity index (χ4v) is 1.66. The molecule has 1 unspecified atom stereocenters. The number of aliphatic hydroxyl groups excluding tert-OH is 1. The van der Waals surface area contributed by atoms with Crippen molar-refractivity contribution >= 4 is 6.29 Å². The lowest BCUT2D eigenvalue weighted by Crippen LogP contribution is -2.39. The third-order valence-electron chi connectivity index (χ3n) is 2.60. The van der Waals surface area contributed by atoms with Crippen LogP contribution in [0.5, 0.6) is 5.75 Å². The SMILES string of the molecule is O=CC1(CO)COc2ccccc2C1. The van der Waals surface area contributed by atoms with Crippen LogP contribution in [-0.4, -0.2) is 24.6 Å². The van der Waals surface area contributed by atoms with E-state index >= 15 is 0 Å². The first-order valence-corrected chi connectivity index (χ1v) is 4.57. The van der Waals surface area contributed by atoms with Crippen LogP contribution in [0.4, 0.5) is 0 Å². The molecule has 0 amide bonds. The van der Waals surface area contributed by atoms with Gasteiger partial charge in [0.2, 0.25) is 0 Å². The monoisotopic (exact) mass is 192 g/mol. The molecule has 14 heavy (non-hydrogen) atoms. The molecule has 0 saturated heterocycles. The predicted octanol–water partition coefficient (Wildman–Crippen LogP) is 0.799. The minimum absolute atomic E-state index is 0.162. The van der Waals surface area contributed by atoms with Gasteiger partial charge in [0.1, 0.15) is 18.6 Å². The minimum Gasteiger partial charge on any atom is -0.492 e. The first-order valence-electron chi connectivity index (χ1n) is 4.57. The van der Waals surface area contributed by atoms with Gasteiger partial charge in [0.15, 0.2) is 0 Å². The van der Waals surface area contributed by atoms with Crippen molar-refractivity contribution in [1.82, 2.24) is 0 Å². The summed E-state index contributed by atoms with van der Waals surface area (Å²) >= 11 is 0. The Hall–Kier alpha value is -1.35. The summed E-state index contributed by atoms with van der Waals surface area (Å²) in [5, 5.41) is 9.16. The molecule has 0 radical (unpaired) electrons. The smallest absolute Gasteiger partial charge is 0.132 e. The number of carbonyl (C=O) groups excluding carboxylic acids is 1. The number of ether oxygens (including phenoxy) is 1. The molecule has 1 N–H and O–H groups in total. The lowest BCUT2D eigenvalue weighted by molar-refractivity contribution is -0.121. The number of para-hydroxylation sites is 1. The van der Waals surface area contributed by atoms with Crippen molar-refractivity contribution in [2.45, 2.75) is 6.42 Å². The van der Waals surface area contributed by atoms with Gasteiger partial charge in [-0.1, -0.05) is 18.2 Å². The Labute approximate surface area is 82.3 Å². The standard InChI is InChI=1S/C11H12O3/c12-6-11(7-13)5-9-3-1-2-4-10(9)14-8-11/h1-4,6,13H,5,7-8H2. The van der Waals surface area contributed by atoms with Gasteiger partial charge in [0, 0.05) is 0 Å². The molecular formula is C11H12O3. The molecule has 3 heteroatoms. The van der Waals surface area contributed by atoms with Gasteiger partial charge in [-0.25, -0.2) is 0 Å². The molecule has 0 aromatic heterocycles. The van der Waals surface area contributed by atoms with E-state index in [4.69, 9.17) is 9.84 Å². The number of aldehydes is 1. The van der Waals surface area contributed by atoms with Crippen LogP contribution in [0, 0.1) is 5.41 Å². The first-order chi connectivity index (χ1) is 6.79. The molecule has 2 rings (SSSR count). The minimum atomic E-state index is -0.742. The number of rotatable bonds is 2. The summed E-state index contributed by atoms with van der Waals surface area (Å²) in [6.07, 6.45) is 1.35. The Balaban J connectivity index is 2.32. The van der Waals surface area contributed by atoms with E-state index < -0.39 is 5.41 Å². The number of hydrogen-bond donors (Lipinski definition) is 1. The third kappa shape index (κ3) is 1.40. The highest BCUT2D eigenvalue weighted by Gasteiger charge is 2.35. The average Bonchev–Trinajstić information content (AvgIpc) is 2.28. The molecule has 0 aliphatic carbocycles. The van der Waals surface area contributed by atoms with Crippen LogP contribution in [0.15, 0.2) is 24.3 Å². The highest BCUT2D eigenvalue weighted by molar-refractivity contribution is 5.62. The van der Waals surface area contributed by atoms with E-state index in [1.807, 2.05) is 24.3 Å². The highest BCUT2D eigenvalue weighted by atomic mass is 16.5. The van der Waals surface area contributed by atoms with Crippen LogP contribution in [0.25, 0.3) is 0 Å². The van der Waals surface area contributed by atoms with Crippen molar-refractivity contribution in [3.05, 3.63) is 29.8 Å². The van der Waals surface area contributed by atoms with Crippen molar-refractivity contribution in [3.63, 3.8) is 0 Å². The van der Waals surface area contributed by atoms with E-state index in [9.17, 15) is 4.79 Å². The maximum Gasteiger partial charge on any atom is 0.132 e. The molecule has 74 valence electrons. The van der Waals surface area contributed by atoms with Gasteiger partial charge in [0.05, 0.1) is 12.0 Å². The topological polar surface area (TPSA) is 46.5 Å². The molecule has 0 bridgehead atoms. The van der Waals surface area contributed by atoms with E-state index in [0.29, 0.717) is 6.42 Å². The van der Waals surface area contributed by atoms with Gasteiger partial charge in [-0.05, 0) is 18.1 Å². The van der Waals surface area contributed by atoms with Crippen LogP contribution in [0.1, 0.15) is 5.56 Å². The van der Waals surface area contributed by atoms with Gasteiger partial charge in [-0.2, -0.15) is 0 Å². The Morgan fingerprint density at radius 1 is 1.50 bits per heavy atom. The zero-order valence-corrected chi connectivity index (χ0v) is 7.77. The summed E-state index contributed by atoms with van der Waals surface area (Å²) in [5.41, 5.74) is 0.244. The summed E-state index contributed by atoms with van der Waals surface area (Å²) < 4.78 is 5.43. The van der Waals surface area contributed by atoms with Crippen molar-refractivity contribution in [2.24, 2.45) is 5.41 Å². The van der Waals surface area contributed by atoms with Crippen molar-refractivity contribution in [3.8, 4) is 5.75 Å². The number of hydrogen-bond acceptors (Lipinski definition) is 3. The van der Waals surface area contributed by atoms with E-state index in [-0.39, 0.29) is 13.2 Å². The number of aliphatic hydroxyl groups is 1. The molecule has 0 saturated carbocycles. The molecule has 3 nitrogen and oxygen atoms in total. The molecule has 1 aromatic carbocycles. The van der Waals surface area contributed by atoms with Gasteiger partial charge in [-0.15, -0.1) is 0 Å². The fourth-order valence-electron chi connectivity index (χ4n) is 1.66. The zero-order valence-electron chi connectivity index (χ0n) is 7.77. The van der Waals surface area contributed by atoms with Crippen LogP contribution < -0.4 is 4.74 Å². The average molecular weight is 192 g/mol. The predicted molar refractivity (Wildman–Crippen MR) is 51.2 cm³/mol. The lowest BCUT2D eigenvalue weighted by atomic mass is 9.82. The van der Waals surface area contributed by atoms with Crippen LogP contribution >= 0.6 is 0 Å². The van der Waals surface area contributed by atoms with Gasteiger partial charge in [-0.3, -0.25) is 0 Å². The molecule has 1 atom stereocenters. The molecule has 0 fully saturated rings. The largest absolute Gasteiger partial charge is 0.492 e. The second-order valence-electron chi connectivity index (χ2n) is 3.71. The number of fused-ring (bicyclic) bond motifs is 1. The summed E-state index contributed by atoms with van der Waals surface area (Å²) in [4.78, 5) is 10.9. The highest BCUT2D eigenvalue weighted by Crippen LogP contribution is 2.32. The van der Waals surface area contributed by atoms with E-state index in [1.54, 1.807) is 0 Å². The summed E-state index contributed by atoms with van der Waals surface area (Å²) in [6.45, 7) is 0.106. The van der Waals surface area contributed by atoms with Crippen molar-refractivity contribution < 1.29 is 14.6 Å².